The highest BCUT2D eigenvalue weighted by Crippen LogP contribution is 2.11. The smallest absolute Gasteiger partial charge is 0.306 e. The lowest BCUT2D eigenvalue weighted by atomic mass is 10.1. The van der Waals surface area contributed by atoms with E-state index in [-0.39, 0.29) is 42.7 Å². The Hall–Kier alpha value is -1.93. The highest BCUT2D eigenvalue weighted by Gasteiger charge is 2.25. The van der Waals surface area contributed by atoms with Crippen molar-refractivity contribution >= 4 is 17.9 Å². The van der Waals surface area contributed by atoms with Crippen LogP contribution in [0.15, 0.2) is 12.2 Å². The molecular weight excluding hydrogens is 498 g/mol. The number of carboxylic acids is 1. The number of unbranched alkanes of at least 4 members (excludes halogenated alkanes) is 10. The summed E-state index contributed by atoms with van der Waals surface area (Å²) in [5.74, 6) is -1.77. The molecule has 8 nitrogen and oxygen atoms in total. The average molecular weight is 556 g/mol. The van der Waals surface area contributed by atoms with Gasteiger partial charge in [-0.25, -0.2) is 0 Å². The van der Waals surface area contributed by atoms with Gasteiger partial charge in [0.2, 0.25) is 0 Å². The zero-order valence-electron chi connectivity index (χ0n) is 25.5. The Labute approximate surface area is 238 Å². The van der Waals surface area contributed by atoms with Gasteiger partial charge in [-0.1, -0.05) is 77.4 Å². The molecule has 0 amide bonds. The van der Waals surface area contributed by atoms with Crippen molar-refractivity contribution in [2.45, 2.75) is 129 Å². The number of esters is 2. The van der Waals surface area contributed by atoms with Crippen molar-refractivity contribution < 1.29 is 38.2 Å². The van der Waals surface area contributed by atoms with Crippen molar-refractivity contribution in [1.82, 2.24) is 0 Å². The van der Waals surface area contributed by atoms with Gasteiger partial charge in [0.25, 0.3) is 0 Å². The van der Waals surface area contributed by atoms with Crippen LogP contribution in [0.25, 0.3) is 0 Å². The summed E-state index contributed by atoms with van der Waals surface area (Å²) in [7, 11) is 5.37. The zero-order chi connectivity index (χ0) is 29.4. The number of carbonyl (C=O) groups excluding carboxylic acids is 3. The number of carboxylic acid groups (broad SMARTS) is 1. The Bertz CT molecular complexity index is 672. The van der Waals surface area contributed by atoms with Gasteiger partial charge >= 0.3 is 11.9 Å². The van der Waals surface area contributed by atoms with Gasteiger partial charge in [0, 0.05) is 19.3 Å². The van der Waals surface area contributed by atoms with Crippen LogP contribution < -0.4 is 5.11 Å². The number of quaternary nitrogens is 1. The largest absolute Gasteiger partial charge is 0.544 e. The summed E-state index contributed by atoms with van der Waals surface area (Å²) in [6.07, 6.45) is 18.4. The molecule has 0 aromatic heterocycles. The standard InChI is InChI=1S/C31H57NO7/c1-6-8-10-12-13-14-15-16-18-20-22-30(34)39-27(26-38-29(33)21-19-17-11-9-7-2)25-37-24-23-28(31(35)36)32(3,4)5/h10,12,27-28H,6-9,11,13-26H2,1-5H3/b12-10-. The molecule has 0 N–H and O–H groups in total. The maximum absolute atomic E-state index is 12.5. The Morgan fingerprint density at radius 1 is 0.744 bits per heavy atom. The number of rotatable bonds is 26. The average Bonchev–Trinajstić information content (AvgIpc) is 2.86. The summed E-state index contributed by atoms with van der Waals surface area (Å²) in [6.45, 7) is 4.46. The summed E-state index contributed by atoms with van der Waals surface area (Å²) in [5, 5.41) is 11.5. The molecule has 0 saturated heterocycles. The second-order valence-electron chi connectivity index (χ2n) is 11.3. The predicted octanol–water partition coefficient (Wildman–Crippen LogP) is 5.12. The van der Waals surface area contributed by atoms with Crippen molar-refractivity contribution in [3.63, 3.8) is 0 Å². The molecule has 0 radical (unpaired) electrons. The van der Waals surface area contributed by atoms with Gasteiger partial charge in [-0.2, -0.15) is 0 Å². The van der Waals surface area contributed by atoms with Crippen LogP contribution in [0.2, 0.25) is 0 Å². The normalized spacial score (nSPS) is 13.4. The van der Waals surface area contributed by atoms with Crippen LogP contribution in [0.4, 0.5) is 0 Å². The van der Waals surface area contributed by atoms with Gasteiger partial charge in [-0.05, 0) is 32.1 Å². The molecule has 0 aliphatic carbocycles. The molecule has 2 atom stereocenters. The molecule has 0 fully saturated rings. The van der Waals surface area contributed by atoms with Crippen LogP contribution in [0.1, 0.15) is 117 Å². The van der Waals surface area contributed by atoms with Crippen molar-refractivity contribution in [3.8, 4) is 0 Å². The second-order valence-corrected chi connectivity index (χ2v) is 11.3. The third-order valence-electron chi connectivity index (χ3n) is 6.63. The van der Waals surface area contributed by atoms with Crippen molar-refractivity contribution in [1.29, 1.82) is 0 Å². The van der Waals surface area contributed by atoms with E-state index in [1.54, 1.807) is 21.1 Å². The van der Waals surface area contributed by atoms with E-state index < -0.39 is 18.1 Å². The van der Waals surface area contributed by atoms with E-state index in [2.05, 4.69) is 26.0 Å². The Morgan fingerprint density at radius 3 is 1.95 bits per heavy atom. The molecule has 39 heavy (non-hydrogen) atoms. The van der Waals surface area contributed by atoms with Crippen LogP contribution in [-0.4, -0.2) is 75.5 Å². The minimum Gasteiger partial charge on any atom is -0.544 e. The van der Waals surface area contributed by atoms with E-state index in [0.29, 0.717) is 12.8 Å². The number of likely N-dealkylation sites (N-methyl/N-ethyl adjacent to an activating group) is 1. The molecule has 0 saturated carbocycles. The first-order valence-electron chi connectivity index (χ1n) is 15.2. The summed E-state index contributed by atoms with van der Waals surface area (Å²) in [6, 6.07) is -0.719. The SMILES string of the molecule is CCC/C=C\CCCCCCCC(=O)OC(COCCC(C(=O)[O-])[N+](C)(C)C)COC(=O)CCCCCCC. The van der Waals surface area contributed by atoms with Gasteiger partial charge in [0.05, 0.1) is 40.3 Å². The number of nitrogens with zero attached hydrogens (tertiary/aromatic N) is 1. The van der Waals surface area contributed by atoms with Gasteiger partial charge in [0.15, 0.2) is 6.10 Å². The predicted molar refractivity (Wildman–Crippen MR) is 153 cm³/mol. The number of hydrogen-bond acceptors (Lipinski definition) is 7. The van der Waals surface area contributed by atoms with Crippen molar-refractivity contribution in [2.75, 3.05) is 41.0 Å². The molecule has 0 aromatic carbocycles. The van der Waals surface area contributed by atoms with E-state index in [9.17, 15) is 19.5 Å². The first-order chi connectivity index (χ1) is 18.6. The van der Waals surface area contributed by atoms with Crippen LogP contribution in [0.3, 0.4) is 0 Å². The van der Waals surface area contributed by atoms with Gasteiger partial charge in [-0.3, -0.25) is 9.59 Å². The molecule has 0 aliphatic rings. The Kier molecular flexibility index (Phi) is 22.7. The van der Waals surface area contributed by atoms with Gasteiger partial charge in [-0.15, -0.1) is 0 Å². The summed E-state index contributed by atoms with van der Waals surface area (Å²) in [5.41, 5.74) is 0. The second kappa shape index (κ2) is 23.9. The number of allylic oxidation sites excluding steroid dienone is 2. The first-order valence-corrected chi connectivity index (χ1v) is 15.2. The van der Waals surface area contributed by atoms with Crippen LogP contribution in [0.5, 0.6) is 0 Å². The fourth-order valence-electron chi connectivity index (χ4n) is 4.19. The molecular formula is C31H57NO7. The van der Waals surface area contributed by atoms with E-state index in [1.807, 2.05) is 0 Å². The number of hydrogen-bond donors (Lipinski definition) is 0. The summed E-state index contributed by atoms with van der Waals surface area (Å²) < 4.78 is 16.8. The maximum Gasteiger partial charge on any atom is 0.306 e. The third kappa shape index (κ3) is 22.6. The summed E-state index contributed by atoms with van der Waals surface area (Å²) in [4.78, 5) is 36.1. The lowest BCUT2D eigenvalue weighted by molar-refractivity contribution is -0.889. The summed E-state index contributed by atoms with van der Waals surface area (Å²) >= 11 is 0. The van der Waals surface area contributed by atoms with Gasteiger partial charge in [0.1, 0.15) is 12.6 Å². The lowest BCUT2D eigenvalue weighted by Gasteiger charge is -2.34. The van der Waals surface area contributed by atoms with E-state index in [0.717, 1.165) is 70.6 Å². The van der Waals surface area contributed by atoms with E-state index in [1.165, 1.54) is 12.8 Å². The topological polar surface area (TPSA) is 102 Å². The van der Waals surface area contributed by atoms with Crippen molar-refractivity contribution in [2.24, 2.45) is 0 Å². The van der Waals surface area contributed by atoms with Gasteiger partial charge < -0.3 is 28.6 Å². The number of carbonyl (C=O) groups is 3. The van der Waals surface area contributed by atoms with Crippen LogP contribution in [-0.2, 0) is 28.6 Å². The Balaban J connectivity index is 4.51. The van der Waals surface area contributed by atoms with Crippen molar-refractivity contribution in [3.05, 3.63) is 12.2 Å². The maximum atomic E-state index is 12.5. The number of aliphatic carboxylic acids is 1. The monoisotopic (exact) mass is 555 g/mol. The van der Waals surface area contributed by atoms with Crippen LogP contribution in [0, 0.1) is 0 Å². The molecule has 8 heteroatoms. The number of ether oxygens (including phenoxy) is 3. The fourth-order valence-corrected chi connectivity index (χ4v) is 4.19. The van der Waals surface area contributed by atoms with E-state index >= 15 is 0 Å². The molecule has 228 valence electrons. The molecule has 0 spiro atoms. The zero-order valence-corrected chi connectivity index (χ0v) is 25.5. The van der Waals surface area contributed by atoms with Crippen LogP contribution >= 0.6 is 0 Å². The third-order valence-corrected chi connectivity index (χ3v) is 6.63. The highest BCUT2D eigenvalue weighted by atomic mass is 16.6. The molecule has 0 heterocycles. The Morgan fingerprint density at radius 2 is 1.33 bits per heavy atom. The molecule has 0 aliphatic heterocycles. The van der Waals surface area contributed by atoms with E-state index in [4.69, 9.17) is 14.2 Å². The quantitative estimate of drug-likeness (QED) is 0.0632. The first kappa shape index (κ1) is 37.1. The molecule has 0 rings (SSSR count). The fraction of sp³-hybridized carbons (Fsp3) is 0.839. The molecule has 2 unspecified atom stereocenters. The highest BCUT2D eigenvalue weighted by molar-refractivity contribution is 5.70. The molecule has 0 bridgehead atoms. The minimum absolute atomic E-state index is 0.0397. The molecule has 0 aromatic rings. The minimum atomic E-state index is -1.13. The lowest BCUT2D eigenvalue weighted by Crippen LogP contribution is -2.55.